The van der Waals surface area contributed by atoms with Gasteiger partial charge in [-0.25, -0.2) is 14.2 Å². The molecule has 1 aliphatic carbocycles. The van der Waals surface area contributed by atoms with E-state index >= 15 is 4.39 Å². The third-order valence-electron chi connectivity index (χ3n) is 6.43. The second-order valence-corrected chi connectivity index (χ2v) is 10.8. The van der Waals surface area contributed by atoms with E-state index in [1.54, 1.807) is 0 Å². The van der Waals surface area contributed by atoms with E-state index in [1.807, 2.05) is 25.7 Å². The minimum Gasteiger partial charge on any atom is -0.444 e. The molecule has 0 saturated carbocycles. The van der Waals surface area contributed by atoms with Gasteiger partial charge >= 0.3 is 6.09 Å². The number of ether oxygens (including phenoxy) is 1. The molecule has 1 amide bonds. The number of aromatic nitrogens is 2. The summed E-state index contributed by atoms with van der Waals surface area (Å²) in [6.07, 6.45) is 4.24. The number of benzene rings is 1. The summed E-state index contributed by atoms with van der Waals surface area (Å²) in [6, 6.07) is 0.0662. The monoisotopic (exact) mass is 510 g/mol. The highest BCUT2D eigenvalue weighted by Gasteiger charge is 2.45. The molecule has 5 rings (SSSR count). The number of carbonyl (C=O) groups excluding carboxylic acids is 1. The van der Waals surface area contributed by atoms with Gasteiger partial charge in [0.15, 0.2) is 5.82 Å². The molecule has 0 spiro atoms. The van der Waals surface area contributed by atoms with Gasteiger partial charge in [0.2, 0.25) is 5.28 Å². The zero-order valence-corrected chi connectivity index (χ0v) is 20.2. The maximum Gasteiger partial charge on any atom is 0.410 e. The van der Waals surface area contributed by atoms with E-state index in [2.05, 4.69) is 30.8 Å². The van der Waals surface area contributed by atoms with Crippen molar-refractivity contribution in [2.75, 3.05) is 18.0 Å². The quantitative estimate of drug-likeness (QED) is 0.489. The average molecular weight is 512 g/mol. The van der Waals surface area contributed by atoms with Gasteiger partial charge in [-0.05, 0) is 91.5 Å². The predicted molar refractivity (Wildman–Crippen MR) is 121 cm³/mol. The lowest BCUT2D eigenvalue weighted by Gasteiger charge is -2.42. The fourth-order valence-electron chi connectivity index (χ4n) is 5.27. The highest BCUT2D eigenvalue weighted by Crippen LogP contribution is 2.43. The van der Waals surface area contributed by atoms with Crippen LogP contribution in [0.5, 0.6) is 0 Å². The maximum atomic E-state index is 15.2. The predicted octanol–water partition coefficient (Wildman–Crippen LogP) is 5.26. The maximum absolute atomic E-state index is 15.2. The normalized spacial score (nSPS) is 22.9. The second kappa shape index (κ2) is 7.44. The summed E-state index contributed by atoms with van der Waals surface area (Å²) in [4.78, 5) is 25.7. The molecule has 3 aliphatic rings. The molecule has 2 aromatic rings. The van der Waals surface area contributed by atoms with Crippen LogP contribution in [0.15, 0.2) is 4.47 Å². The number of aryl methyl sites for hydroxylation is 1. The zero-order valence-electron chi connectivity index (χ0n) is 17.8. The number of amides is 1. The van der Waals surface area contributed by atoms with Crippen LogP contribution in [-0.2, 0) is 17.6 Å². The third-order valence-corrected chi connectivity index (χ3v) is 7.43. The molecule has 0 N–H and O–H groups in total. The average Bonchev–Trinajstić information content (AvgIpc) is 3.27. The van der Waals surface area contributed by atoms with E-state index in [-0.39, 0.29) is 34.8 Å². The molecule has 2 bridgehead atoms. The van der Waals surface area contributed by atoms with E-state index in [4.69, 9.17) is 16.3 Å². The number of piperazine rings is 1. The summed E-state index contributed by atoms with van der Waals surface area (Å²) in [5, 5.41) is 0.802. The molecule has 3 heterocycles. The Morgan fingerprint density at radius 2 is 1.81 bits per heavy atom. The number of hydrogen-bond acceptors (Lipinski definition) is 5. The van der Waals surface area contributed by atoms with Crippen molar-refractivity contribution in [1.82, 2.24) is 14.9 Å². The van der Waals surface area contributed by atoms with Crippen molar-refractivity contribution in [1.29, 1.82) is 0 Å². The lowest BCUT2D eigenvalue weighted by Crippen LogP contribution is -2.57. The Labute approximate surface area is 194 Å². The number of anilines is 1. The van der Waals surface area contributed by atoms with Crippen LogP contribution in [-0.4, -0.2) is 51.7 Å². The summed E-state index contributed by atoms with van der Waals surface area (Å²) in [7, 11) is 0. The van der Waals surface area contributed by atoms with Crippen LogP contribution in [0.25, 0.3) is 10.9 Å². The van der Waals surface area contributed by atoms with Gasteiger partial charge in [-0.15, -0.1) is 0 Å². The topological polar surface area (TPSA) is 58.6 Å². The fraction of sp³-hybridized carbons (Fsp3) is 0.591. The molecule has 1 aromatic heterocycles. The molecule has 2 saturated heterocycles. The summed E-state index contributed by atoms with van der Waals surface area (Å²) in [5.74, 6) is 0.303. The first-order valence-electron chi connectivity index (χ1n) is 10.8. The summed E-state index contributed by atoms with van der Waals surface area (Å²) >= 11 is 9.67. The number of hydrogen-bond donors (Lipinski definition) is 0. The van der Waals surface area contributed by atoms with E-state index in [0.717, 1.165) is 48.6 Å². The van der Waals surface area contributed by atoms with E-state index < -0.39 is 5.60 Å². The van der Waals surface area contributed by atoms with Gasteiger partial charge in [0, 0.05) is 18.5 Å². The number of nitrogens with zero attached hydrogens (tertiary/aromatic N) is 4. The molecule has 2 aliphatic heterocycles. The minimum absolute atomic E-state index is 0.0331. The van der Waals surface area contributed by atoms with Crippen molar-refractivity contribution in [3.05, 3.63) is 26.7 Å². The Morgan fingerprint density at radius 1 is 1.16 bits per heavy atom. The Balaban J connectivity index is 1.54. The molecule has 0 radical (unpaired) electrons. The molecule has 2 unspecified atom stereocenters. The first-order valence-corrected chi connectivity index (χ1v) is 11.9. The summed E-state index contributed by atoms with van der Waals surface area (Å²) in [5.41, 5.74) is 1.85. The van der Waals surface area contributed by atoms with Crippen LogP contribution < -0.4 is 4.90 Å². The van der Waals surface area contributed by atoms with E-state index in [9.17, 15) is 4.79 Å². The lowest BCUT2D eigenvalue weighted by molar-refractivity contribution is 0.0123. The van der Waals surface area contributed by atoms with Crippen molar-refractivity contribution in [3.8, 4) is 0 Å². The fourth-order valence-corrected chi connectivity index (χ4v) is 6.06. The summed E-state index contributed by atoms with van der Waals surface area (Å²) < 4.78 is 21.3. The molecular formula is C22H25BrClFN4O2. The molecule has 2 atom stereocenters. The van der Waals surface area contributed by atoms with Gasteiger partial charge in [-0.1, -0.05) is 0 Å². The first kappa shape index (κ1) is 21.2. The standard InChI is InChI=1S/C22H25BrClFN4O2/c1-22(2,3)31-21(30)29-11-7-8-12(29)10-28(9-11)19-15-13-5-4-6-14(13)16(23)17(25)18(15)26-20(24)27-19/h11-12H,4-10H2,1-3H3. The van der Waals surface area contributed by atoms with Crippen molar-refractivity contribution >= 4 is 50.3 Å². The van der Waals surface area contributed by atoms with Crippen LogP contribution in [0.1, 0.15) is 51.2 Å². The van der Waals surface area contributed by atoms with Crippen molar-refractivity contribution in [3.63, 3.8) is 0 Å². The smallest absolute Gasteiger partial charge is 0.410 e. The number of fused-ring (bicyclic) bond motifs is 5. The Morgan fingerprint density at radius 3 is 2.45 bits per heavy atom. The second-order valence-electron chi connectivity index (χ2n) is 9.66. The number of carbonyl (C=O) groups is 1. The highest BCUT2D eigenvalue weighted by molar-refractivity contribution is 9.10. The molecule has 6 nitrogen and oxygen atoms in total. The molecule has 166 valence electrons. The van der Waals surface area contributed by atoms with Crippen LogP contribution in [0.2, 0.25) is 5.28 Å². The van der Waals surface area contributed by atoms with Crippen LogP contribution in [0.3, 0.4) is 0 Å². The van der Waals surface area contributed by atoms with Gasteiger partial charge in [-0.3, -0.25) is 4.90 Å². The first-order chi connectivity index (χ1) is 14.6. The van der Waals surface area contributed by atoms with E-state index in [0.29, 0.717) is 23.4 Å². The zero-order chi connectivity index (χ0) is 22.1. The van der Waals surface area contributed by atoms with Gasteiger partial charge < -0.3 is 9.64 Å². The van der Waals surface area contributed by atoms with Gasteiger partial charge in [0.25, 0.3) is 0 Å². The summed E-state index contributed by atoms with van der Waals surface area (Å²) in [6.45, 7) is 6.87. The Hall–Kier alpha value is -1.67. The SMILES string of the molecule is CC(C)(C)OC(=O)N1C2CCC1CN(c1nc(Cl)nc3c(F)c(Br)c4c(c13)CCC4)C2. The minimum atomic E-state index is -0.532. The molecule has 31 heavy (non-hydrogen) atoms. The van der Waals surface area contributed by atoms with Crippen LogP contribution >= 0.6 is 27.5 Å². The lowest BCUT2D eigenvalue weighted by atomic mass is 10.0. The largest absolute Gasteiger partial charge is 0.444 e. The van der Waals surface area contributed by atoms with Gasteiger partial charge in [-0.2, -0.15) is 4.98 Å². The third kappa shape index (κ3) is 3.55. The number of rotatable bonds is 1. The van der Waals surface area contributed by atoms with Crippen molar-refractivity contribution in [2.24, 2.45) is 0 Å². The van der Waals surface area contributed by atoms with E-state index in [1.165, 1.54) is 0 Å². The van der Waals surface area contributed by atoms with Crippen LogP contribution in [0.4, 0.5) is 15.0 Å². The Kier molecular flexibility index (Phi) is 5.09. The highest BCUT2D eigenvalue weighted by atomic mass is 79.9. The number of halogens is 3. The van der Waals surface area contributed by atoms with Crippen molar-refractivity contribution in [2.45, 2.75) is 70.6 Å². The molecular weight excluding hydrogens is 487 g/mol. The van der Waals surface area contributed by atoms with Crippen molar-refractivity contribution < 1.29 is 13.9 Å². The van der Waals surface area contributed by atoms with Gasteiger partial charge in [0.05, 0.1) is 16.6 Å². The molecule has 1 aromatic carbocycles. The Bertz CT molecular complexity index is 1080. The van der Waals surface area contributed by atoms with Gasteiger partial charge in [0.1, 0.15) is 16.9 Å². The molecule has 9 heteroatoms. The molecule has 2 fully saturated rings. The van der Waals surface area contributed by atoms with Crippen LogP contribution in [0, 0.1) is 5.82 Å².